The summed E-state index contributed by atoms with van der Waals surface area (Å²) in [6, 6.07) is 7.11. The highest BCUT2D eigenvalue weighted by molar-refractivity contribution is 6.03. The van der Waals surface area contributed by atoms with Gasteiger partial charge in [0.1, 0.15) is 0 Å². The van der Waals surface area contributed by atoms with Crippen molar-refractivity contribution < 1.29 is 19.2 Å². The molecule has 1 heterocycles. The number of amides is 4. The standard InChI is InChI=1S/C20H27N3O4/c1-13(2)19(26)22(4)16-9-6-5-8-15(16)21-17(24)10-7-11-23-18(25)12-14(3)20(23)27/h5-6,8-9,13-14H,7,10-12H2,1-4H3,(H,21,24). The average molecular weight is 373 g/mol. The summed E-state index contributed by atoms with van der Waals surface area (Å²) < 4.78 is 0. The lowest BCUT2D eigenvalue weighted by Crippen LogP contribution is -2.32. The number of imide groups is 1. The summed E-state index contributed by atoms with van der Waals surface area (Å²) in [5.41, 5.74) is 1.18. The Hall–Kier alpha value is -2.70. The first-order chi connectivity index (χ1) is 12.7. The molecule has 4 amide bonds. The SMILES string of the molecule is CC(C)C(=O)N(C)c1ccccc1NC(=O)CCCN1C(=O)CC(C)C1=O. The summed E-state index contributed by atoms with van der Waals surface area (Å²) in [5.74, 6) is -1.03. The third-order valence-corrected chi connectivity index (χ3v) is 4.62. The summed E-state index contributed by atoms with van der Waals surface area (Å²) >= 11 is 0. The van der Waals surface area contributed by atoms with E-state index in [0.717, 1.165) is 0 Å². The maximum absolute atomic E-state index is 12.3. The minimum Gasteiger partial charge on any atom is -0.324 e. The molecule has 146 valence electrons. The van der Waals surface area contributed by atoms with Crippen molar-refractivity contribution in [2.45, 2.75) is 40.0 Å². The first-order valence-corrected chi connectivity index (χ1v) is 9.23. The van der Waals surface area contributed by atoms with Crippen LogP contribution in [0.25, 0.3) is 0 Å². The van der Waals surface area contributed by atoms with E-state index in [1.54, 1.807) is 38.2 Å². The lowest BCUT2D eigenvalue weighted by molar-refractivity contribution is -0.139. The maximum atomic E-state index is 12.3. The Kier molecular flexibility index (Phi) is 6.71. The lowest BCUT2D eigenvalue weighted by Gasteiger charge is -2.22. The van der Waals surface area contributed by atoms with E-state index in [0.29, 0.717) is 17.8 Å². The molecule has 27 heavy (non-hydrogen) atoms. The van der Waals surface area contributed by atoms with Crippen molar-refractivity contribution in [3.05, 3.63) is 24.3 Å². The van der Waals surface area contributed by atoms with E-state index in [9.17, 15) is 19.2 Å². The van der Waals surface area contributed by atoms with Crippen LogP contribution in [0.2, 0.25) is 0 Å². The van der Waals surface area contributed by atoms with Gasteiger partial charge in [-0.1, -0.05) is 32.9 Å². The van der Waals surface area contributed by atoms with Crippen molar-refractivity contribution in [2.75, 3.05) is 23.8 Å². The van der Waals surface area contributed by atoms with E-state index in [-0.39, 0.29) is 54.9 Å². The monoisotopic (exact) mass is 373 g/mol. The molecular weight excluding hydrogens is 346 g/mol. The first-order valence-electron chi connectivity index (χ1n) is 9.23. The second kappa shape index (κ2) is 8.79. The summed E-state index contributed by atoms with van der Waals surface area (Å²) in [6.45, 7) is 5.63. The molecule has 1 aliphatic rings. The van der Waals surface area contributed by atoms with Crippen molar-refractivity contribution in [1.29, 1.82) is 0 Å². The van der Waals surface area contributed by atoms with Crippen LogP contribution in [0.3, 0.4) is 0 Å². The zero-order chi connectivity index (χ0) is 20.1. The molecule has 1 N–H and O–H groups in total. The first kappa shape index (κ1) is 20.6. The van der Waals surface area contributed by atoms with Crippen molar-refractivity contribution in [3.63, 3.8) is 0 Å². The van der Waals surface area contributed by atoms with Gasteiger partial charge in [-0.25, -0.2) is 0 Å². The quantitative estimate of drug-likeness (QED) is 0.744. The van der Waals surface area contributed by atoms with E-state index in [4.69, 9.17) is 0 Å². The van der Waals surface area contributed by atoms with E-state index in [1.807, 2.05) is 13.8 Å². The number of para-hydroxylation sites is 2. The Bertz CT molecular complexity index is 744. The fraction of sp³-hybridized carbons (Fsp3) is 0.500. The minimum atomic E-state index is -0.271. The summed E-state index contributed by atoms with van der Waals surface area (Å²) in [4.78, 5) is 50.9. The number of benzene rings is 1. The molecule has 0 aromatic heterocycles. The number of rotatable bonds is 7. The fourth-order valence-electron chi connectivity index (χ4n) is 3.07. The van der Waals surface area contributed by atoms with Gasteiger partial charge in [-0.05, 0) is 18.6 Å². The van der Waals surface area contributed by atoms with Gasteiger partial charge in [0.15, 0.2) is 0 Å². The maximum Gasteiger partial charge on any atom is 0.232 e. The molecule has 7 nitrogen and oxygen atoms in total. The van der Waals surface area contributed by atoms with Gasteiger partial charge in [-0.15, -0.1) is 0 Å². The third-order valence-electron chi connectivity index (χ3n) is 4.62. The van der Waals surface area contributed by atoms with Crippen LogP contribution in [0.1, 0.15) is 40.0 Å². The fourth-order valence-corrected chi connectivity index (χ4v) is 3.07. The molecule has 0 spiro atoms. The van der Waals surface area contributed by atoms with E-state index >= 15 is 0 Å². The second-order valence-electron chi connectivity index (χ2n) is 7.21. The van der Waals surface area contributed by atoms with Gasteiger partial charge < -0.3 is 10.2 Å². The van der Waals surface area contributed by atoms with Gasteiger partial charge >= 0.3 is 0 Å². The third kappa shape index (κ3) is 4.93. The highest BCUT2D eigenvalue weighted by atomic mass is 16.2. The van der Waals surface area contributed by atoms with Gasteiger partial charge in [0.25, 0.3) is 0 Å². The topological polar surface area (TPSA) is 86.8 Å². The molecule has 1 unspecified atom stereocenters. The van der Waals surface area contributed by atoms with Gasteiger partial charge in [-0.2, -0.15) is 0 Å². The Morgan fingerprint density at radius 3 is 2.52 bits per heavy atom. The molecule has 0 radical (unpaired) electrons. The van der Waals surface area contributed by atoms with E-state index in [2.05, 4.69) is 5.32 Å². The molecule has 1 atom stereocenters. The number of hydrogen-bond acceptors (Lipinski definition) is 4. The summed E-state index contributed by atoms with van der Waals surface area (Å²) in [6.07, 6.45) is 0.829. The number of carbonyl (C=O) groups excluding carboxylic acids is 4. The van der Waals surface area contributed by atoms with Gasteiger partial charge in [0.2, 0.25) is 23.6 Å². The molecular formula is C20H27N3O4. The predicted octanol–water partition coefficient (Wildman–Crippen LogP) is 2.42. The number of nitrogens with one attached hydrogen (secondary N) is 1. The van der Waals surface area contributed by atoms with Gasteiger partial charge in [0, 0.05) is 38.3 Å². The zero-order valence-corrected chi connectivity index (χ0v) is 16.3. The zero-order valence-electron chi connectivity index (χ0n) is 16.3. The number of anilines is 2. The summed E-state index contributed by atoms with van der Waals surface area (Å²) in [7, 11) is 1.68. The van der Waals surface area contributed by atoms with Gasteiger partial charge in [0.05, 0.1) is 11.4 Å². The van der Waals surface area contributed by atoms with Crippen LogP contribution in [0.4, 0.5) is 11.4 Å². The highest BCUT2D eigenvalue weighted by Crippen LogP contribution is 2.26. The molecule has 1 saturated heterocycles. The van der Waals surface area contributed by atoms with Crippen molar-refractivity contribution in [1.82, 2.24) is 4.90 Å². The average Bonchev–Trinajstić information content (AvgIpc) is 2.86. The Morgan fingerprint density at radius 1 is 1.26 bits per heavy atom. The Labute approximate surface area is 159 Å². The van der Waals surface area contributed by atoms with Crippen LogP contribution in [0.5, 0.6) is 0 Å². The van der Waals surface area contributed by atoms with Crippen LogP contribution in [0.15, 0.2) is 24.3 Å². The predicted molar refractivity (Wildman–Crippen MR) is 103 cm³/mol. The molecule has 0 bridgehead atoms. The van der Waals surface area contributed by atoms with Crippen molar-refractivity contribution in [2.24, 2.45) is 11.8 Å². The largest absolute Gasteiger partial charge is 0.324 e. The molecule has 0 saturated carbocycles. The Morgan fingerprint density at radius 2 is 1.93 bits per heavy atom. The molecule has 2 rings (SSSR count). The highest BCUT2D eigenvalue weighted by Gasteiger charge is 2.34. The van der Waals surface area contributed by atoms with Crippen LogP contribution >= 0.6 is 0 Å². The Balaban J connectivity index is 1.94. The van der Waals surface area contributed by atoms with Crippen LogP contribution in [-0.4, -0.2) is 42.1 Å². The minimum absolute atomic E-state index is 0.0446. The van der Waals surface area contributed by atoms with E-state index in [1.165, 1.54) is 9.80 Å². The van der Waals surface area contributed by atoms with Crippen molar-refractivity contribution >= 4 is 35.0 Å². The van der Waals surface area contributed by atoms with Crippen LogP contribution in [-0.2, 0) is 19.2 Å². The number of hydrogen-bond donors (Lipinski definition) is 1. The number of likely N-dealkylation sites (tertiary alicyclic amines) is 1. The molecule has 1 aliphatic heterocycles. The van der Waals surface area contributed by atoms with Crippen LogP contribution in [0, 0.1) is 11.8 Å². The number of carbonyl (C=O) groups is 4. The van der Waals surface area contributed by atoms with Gasteiger partial charge in [-0.3, -0.25) is 24.1 Å². The molecule has 7 heteroatoms. The smallest absolute Gasteiger partial charge is 0.232 e. The van der Waals surface area contributed by atoms with Crippen LogP contribution < -0.4 is 10.2 Å². The lowest BCUT2D eigenvalue weighted by atomic mass is 10.1. The van der Waals surface area contributed by atoms with Crippen molar-refractivity contribution in [3.8, 4) is 0 Å². The number of nitrogens with zero attached hydrogens (tertiary/aromatic N) is 2. The summed E-state index contributed by atoms with van der Waals surface area (Å²) in [5, 5.41) is 2.82. The van der Waals surface area contributed by atoms with E-state index < -0.39 is 0 Å². The normalized spacial score (nSPS) is 16.8. The molecule has 1 aromatic rings. The molecule has 1 fully saturated rings. The molecule has 1 aromatic carbocycles. The molecule has 0 aliphatic carbocycles. The second-order valence-corrected chi connectivity index (χ2v) is 7.21.